The van der Waals surface area contributed by atoms with E-state index in [1.807, 2.05) is 36.4 Å². The number of H-pyrrole nitrogens is 1. The normalized spacial score (nSPS) is 17.2. The summed E-state index contributed by atoms with van der Waals surface area (Å²) in [6.45, 7) is 2.13. The van der Waals surface area contributed by atoms with E-state index in [4.69, 9.17) is 5.26 Å². The maximum Gasteiger partial charge on any atom is 0.267 e. The summed E-state index contributed by atoms with van der Waals surface area (Å²) in [6.07, 6.45) is 3.10. The molecule has 1 fully saturated rings. The summed E-state index contributed by atoms with van der Waals surface area (Å²) in [4.78, 5) is 17.1. The van der Waals surface area contributed by atoms with Gasteiger partial charge in [0, 0.05) is 25.3 Å². The molecule has 2 N–H and O–H groups in total. The Kier molecular flexibility index (Phi) is 4.10. The zero-order valence-corrected chi connectivity index (χ0v) is 12.2. The standard InChI is InChI=1S/C17H18N4O/c18-12-21-9-8-13(11-21)10-19-17(22)16-7-6-15(20-16)14-4-2-1-3-5-14/h1-7,13,20H,8-11H2,(H,19,22). The van der Waals surface area contributed by atoms with Crippen molar-refractivity contribution in [1.29, 1.82) is 5.26 Å². The number of hydrogen-bond acceptors (Lipinski definition) is 3. The van der Waals surface area contributed by atoms with Gasteiger partial charge in [0.05, 0.1) is 0 Å². The van der Waals surface area contributed by atoms with E-state index in [9.17, 15) is 4.79 Å². The van der Waals surface area contributed by atoms with Gasteiger partial charge in [0.15, 0.2) is 6.19 Å². The first kappa shape index (κ1) is 14.2. The second-order valence-corrected chi connectivity index (χ2v) is 5.56. The van der Waals surface area contributed by atoms with Gasteiger partial charge >= 0.3 is 0 Å². The molecule has 112 valence electrons. The zero-order valence-electron chi connectivity index (χ0n) is 12.2. The Balaban J connectivity index is 1.57. The number of nitriles is 1. The molecular weight excluding hydrogens is 276 g/mol. The monoisotopic (exact) mass is 294 g/mol. The number of hydrogen-bond donors (Lipinski definition) is 2. The van der Waals surface area contributed by atoms with Crippen LogP contribution in [0.1, 0.15) is 16.9 Å². The minimum atomic E-state index is -0.0995. The number of carbonyl (C=O) groups is 1. The molecule has 2 heterocycles. The van der Waals surface area contributed by atoms with Crippen molar-refractivity contribution in [1.82, 2.24) is 15.2 Å². The van der Waals surface area contributed by atoms with Gasteiger partial charge in [0.25, 0.3) is 5.91 Å². The van der Waals surface area contributed by atoms with E-state index in [-0.39, 0.29) is 5.91 Å². The van der Waals surface area contributed by atoms with Crippen molar-refractivity contribution in [3.63, 3.8) is 0 Å². The number of benzene rings is 1. The Labute approximate surface area is 129 Å². The number of nitrogens with one attached hydrogen (secondary N) is 2. The number of aromatic nitrogens is 1. The van der Waals surface area contributed by atoms with Crippen LogP contribution in [0.15, 0.2) is 42.5 Å². The van der Waals surface area contributed by atoms with Gasteiger partial charge in [-0.25, -0.2) is 0 Å². The molecule has 2 aromatic rings. The molecule has 0 saturated carbocycles. The van der Waals surface area contributed by atoms with Crippen molar-refractivity contribution >= 4 is 5.91 Å². The van der Waals surface area contributed by atoms with Crippen LogP contribution in [-0.4, -0.2) is 35.4 Å². The molecule has 1 unspecified atom stereocenters. The highest BCUT2D eigenvalue weighted by atomic mass is 16.1. The second-order valence-electron chi connectivity index (χ2n) is 5.56. The van der Waals surface area contributed by atoms with Crippen LogP contribution >= 0.6 is 0 Å². The molecule has 0 spiro atoms. The summed E-state index contributed by atoms with van der Waals surface area (Å²) < 4.78 is 0. The lowest BCUT2D eigenvalue weighted by atomic mass is 10.1. The summed E-state index contributed by atoms with van der Waals surface area (Å²) in [5.74, 6) is 0.254. The largest absolute Gasteiger partial charge is 0.351 e. The molecule has 0 radical (unpaired) electrons. The van der Waals surface area contributed by atoms with E-state index in [0.717, 1.165) is 30.8 Å². The Morgan fingerprint density at radius 1 is 1.32 bits per heavy atom. The third kappa shape index (κ3) is 3.12. The Bertz CT molecular complexity index is 686. The molecule has 0 bridgehead atoms. The highest BCUT2D eigenvalue weighted by molar-refractivity contribution is 5.93. The first-order chi connectivity index (χ1) is 10.8. The lowest BCUT2D eigenvalue weighted by molar-refractivity contribution is 0.0943. The molecule has 5 nitrogen and oxygen atoms in total. The number of rotatable bonds is 4. The molecule has 1 atom stereocenters. The minimum absolute atomic E-state index is 0.0995. The quantitative estimate of drug-likeness (QED) is 0.849. The fourth-order valence-corrected chi connectivity index (χ4v) is 2.74. The Hall–Kier alpha value is -2.74. The van der Waals surface area contributed by atoms with E-state index >= 15 is 0 Å². The summed E-state index contributed by atoms with van der Waals surface area (Å²) in [7, 11) is 0. The number of likely N-dealkylation sites (tertiary alicyclic amines) is 1. The lowest BCUT2D eigenvalue weighted by Crippen LogP contribution is -2.30. The van der Waals surface area contributed by atoms with Crippen LogP contribution in [0.5, 0.6) is 0 Å². The van der Waals surface area contributed by atoms with Gasteiger partial charge in [-0.05, 0) is 30.0 Å². The SMILES string of the molecule is N#CN1CCC(CNC(=O)c2ccc(-c3ccccc3)[nH]2)C1. The van der Waals surface area contributed by atoms with Crippen LogP contribution in [-0.2, 0) is 0 Å². The van der Waals surface area contributed by atoms with Gasteiger partial charge in [-0.2, -0.15) is 5.26 Å². The van der Waals surface area contributed by atoms with Crippen molar-refractivity contribution < 1.29 is 4.79 Å². The molecule has 1 aromatic heterocycles. The van der Waals surface area contributed by atoms with Crippen molar-refractivity contribution in [2.75, 3.05) is 19.6 Å². The number of amides is 1. The molecule has 1 saturated heterocycles. The van der Waals surface area contributed by atoms with Crippen molar-refractivity contribution in [2.24, 2.45) is 5.92 Å². The predicted octanol–water partition coefficient (Wildman–Crippen LogP) is 2.21. The van der Waals surface area contributed by atoms with Crippen molar-refractivity contribution in [3.05, 3.63) is 48.2 Å². The third-order valence-electron chi connectivity index (χ3n) is 3.99. The van der Waals surface area contributed by atoms with Crippen LogP contribution in [0.3, 0.4) is 0 Å². The molecule has 1 aliphatic rings. The highest BCUT2D eigenvalue weighted by Crippen LogP contribution is 2.18. The predicted molar refractivity (Wildman–Crippen MR) is 83.9 cm³/mol. The van der Waals surface area contributed by atoms with E-state index in [2.05, 4.69) is 16.5 Å². The fraction of sp³-hybridized carbons (Fsp3) is 0.294. The number of carbonyl (C=O) groups excluding carboxylic acids is 1. The molecule has 1 amide bonds. The molecule has 5 heteroatoms. The van der Waals surface area contributed by atoms with Gasteiger partial charge < -0.3 is 15.2 Å². The smallest absolute Gasteiger partial charge is 0.267 e. The van der Waals surface area contributed by atoms with Gasteiger partial charge in [-0.15, -0.1) is 0 Å². The van der Waals surface area contributed by atoms with Crippen LogP contribution in [0.25, 0.3) is 11.3 Å². The molecule has 22 heavy (non-hydrogen) atoms. The molecular formula is C17H18N4O. The van der Waals surface area contributed by atoms with Gasteiger partial charge in [0.1, 0.15) is 5.69 Å². The fourth-order valence-electron chi connectivity index (χ4n) is 2.74. The average molecular weight is 294 g/mol. The first-order valence-electron chi connectivity index (χ1n) is 7.43. The van der Waals surface area contributed by atoms with Crippen LogP contribution in [0, 0.1) is 17.4 Å². The summed E-state index contributed by atoms with van der Waals surface area (Å²) in [5.41, 5.74) is 2.55. The van der Waals surface area contributed by atoms with Crippen LogP contribution in [0.2, 0.25) is 0 Å². The summed E-state index contributed by atoms with van der Waals surface area (Å²) >= 11 is 0. The minimum Gasteiger partial charge on any atom is -0.351 e. The van der Waals surface area contributed by atoms with Crippen molar-refractivity contribution in [3.8, 4) is 17.5 Å². The first-order valence-corrected chi connectivity index (χ1v) is 7.43. The molecule has 1 aromatic carbocycles. The molecule has 0 aliphatic carbocycles. The lowest BCUT2D eigenvalue weighted by Gasteiger charge is -2.10. The van der Waals surface area contributed by atoms with Gasteiger partial charge in [-0.3, -0.25) is 4.79 Å². The topological polar surface area (TPSA) is 71.9 Å². The maximum atomic E-state index is 12.2. The summed E-state index contributed by atoms with van der Waals surface area (Å²) in [5, 5.41) is 11.8. The van der Waals surface area contributed by atoms with E-state index in [0.29, 0.717) is 18.2 Å². The van der Waals surface area contributed by atoms with E-state index < -0.39 is 0 Å². The maximum absolute atomic E-state index is 12.2. The Morgan fingerprint density at radius 2 is 2.14 bits per heavy atom. The van der Waals surface area contributed by atoms with Gasteiger partial charge in [-0.1, -0.05) is 30.3 Å². The van der Waals surface area contributed by atoms with Crippen LogP contribution in [0.4, 0.5) is 0 Å². The number of aromatic amines is 1. The highest BCUT2D eigenvalue weighted by Gasteiger charge is 2.22. The van der Waals surface area contributed by atoms with E-state index in [1.54, 1.807) is 11.0 Å². The molecule has 1 aliphatic heterocycles. The van der Waals surface area contributed by atoms with Crippen LogP contribution < -0.4 is 5.32 Å². The van der Waals surface area contributed by atoms with E-state index in [1.165, 1.54) is 0 Å². The zero-order chi connectivity index (χ0) is 15.4. The number of nitrogens with zero attached hydrogens (tertiary/aromatic N) is 2. The van der Waals surface area contributed by atoms with Gasteiger partial charge in [0.2, 0.25) is 0 Å². The third-order valence-corrected chi connectivity index (χ3v) is 3.99. The second kappa shape index (κ2) is 6.35. The van der Waals surface area contributed by atoms with Crippen molar-refractivity contribution in [2.45, 2.75) is 6.42 Å². The average Bonchev–Trinajstić information content (AvgIpc) is 3.22. The Morgan fingerprint density at radius 3 is 2.86 bits per heavy atom. The molecule has 3 rings (SSSR count). The summed E-state index contributed by atoms with van der Waals surface area (Å²) in [6, 6.07) is 13.6.